The molecule has 0 bridgehead atoms. The first-order valence-electron chi connectivity index (χ1n) is 8.65. The Morgan fingerprint density at radius 2 is 1.54 bits per heavy atom. The summed E-state index contributed by atoms with van der Waals surface area (Å²) in [6, 6.07) is 18.4. The second-order valence-electron chi connectivity index (χ2n) is 6.84. The summed E-state index contributed by atoms with van der Waals surface area (Å²) in [6.07, 6.45) is 4.00. The highest BCUT2D eigenvalue weighted by molar-refractivity contribution is 5.71. The van der Waals surface area contributed by atoms with Gasteiger partial charge in [0.2, 0.25) is 0 Å². The molecule has 0 aliphatic heterocycles. The monoisotopic (exact) mass is 319 g/mol. The molecule has 2 atom stereocenters. The summed E-state index contributed by atoms with van der Waals surface area (Å²) >= 11 is 0. The molecule has 0 radical (unpaired) electrons. The van der Waals surface area contributed by atoms with Crippen molar-refractivity contribution in [1.29, 1.82) is 0 Å². The van der Waals surface area contributed by atoms with Crippen molar-refractivity contribution in [3.8, 4) is 0 Å². The van der Waals surface area contributed by atoms with Gasteiger partial charge in [-0.1, -0.05) is 88.0 Å². The summed E-state index contributed by atoms with van der Waals surface area (Å²) in [5, 5.41) is 0. The topological polar surface area (TPSA) is 26.0 Å². The van der Waals surface area contributed by atoms with Gasteiger partial charge in [-0.15, -0.1) is 0 Å². The van der Waals surface area contributed by atoms with Gasteiger partial charge < -0.3 is 5.73 Å². The highest BCUT2D eigenvalue weighted by Crippen LogP contribution is 2.60. The van der Waals surface area contributed by atoms with Crippen LogP contribution in [0.15, 0.2) is 73.3 Å². The van der Waals surface area contributed by atoms with Crippen LogP contribution in [0.2, 0.25) is 0 Å². The molecular formula is C23H29N. The van der Waals surface area contributed by atoms with Gasteiger partial charge in [0.05, 0.1) is 0 Å². The lowest BCUT2D eigenvalue weighted by molar-refractivity contribution is 0.683. The maximum atomic E-state index is 5.97. The predicted octanol–water partition coefficient (Wildman–Crippen LogP) is 6.09. The van der Waals surface area contributed by atoms with E-state index in [0.29, 0.717) is 5.41 Å². The zero-order valence-corrected chi connectivity index (χ0v) is 15.3. The average molecular weight is 319 g/mol. The van der Waals surface area contributed by atoms with E-state index in [1.165, 1.54) is 11.1 Å². The Morgan fingerprint density at radius 3 is 2.04 bits per heavy atom. The molecule has 0 amide bonds. The van der Waals surface area contributed by atoms with E-state index in [1.807, 2.05) is 49.4 Å². The molecule has 1 saturated carbocycles. The summed E-state index contributed by atoms with van der Waals surface area (Å²) in [4.78, 5) is 0. The zero-order chi connectivity index (χ0) is 17.7. The molecule has 1 heteroatoms. The highest BCUT2D eigenvalue weighted by Gasteiger charge is 2.56. The van der Waals surface area contributed by atoms with E-state index in [4.69, 9.17) is 5.73 Å². The van der Waals surface area contributed by atoms with Crippen LogP contribution in [-0.4, -0.2) is 0 Å². The zero-order valence-electron chi connectivity index (χ0n) is 15.3. The summed E-state index contributed by atoms with van der Waals surface area (Å²) in [5.41, 5.74) is 10.8. The van der Waals surface area contributed by atoms with Gasteiger partial charge in [-0.05, 0) is 41.5 Å². The summed E-state index contributed by atoms with van der Waals surface area (Å²) < 4.78 is 0. The number of hydrogen-bond acceptors (Lipinski definition) is 1. The molecule has 2 N–H and O–H groups in total. The Hall–Kier alpha value is -2.28. The minimum Gasteiger partial charge on any atom is -0.398 e. The summed E-state index contributed by atoms with van der Waals surface area (Å²) in [5.74, 6) is 1.52. The molecule has 2 aromatic carbocycles. The Balaban J connectivity index is 0.000000177. The molecule has 1 fully saturated rings. The molecular weight excluding hydrogens is 290 g/mol. The molecule has 1 nitrogen and oxygen atoms in total. The van der Waals surface area contributed by atoms with E-state index >= 15 is 0 Å². The molecule has 24 heavy (non-hydrogen) atoms. The third-order valence-corrected chi connectivity index (χ3v) is 5.59. The third-order valence-electron chi connectivity index (χ3n) is 5.59. The number of nitrogens with two attached hydrogens (primary N) is 1. The largest absolute Gasteiger partial charge is 0.398 e. The Labute approximate surface area is 146 Å². The van der Waals surface area contributed by atoms with Crippen LogP contribution in [0, 0.1) is 11.8 Å². The predicted molar refractivity (Wildman–Crippen MR) is 107 cm³/mol. The minimum absolute atomic E-state index is 0.325. The lowest BCUT2D eigenvalue weighted by Gasteiger charge is -2.13. The van der Waals surface area contributed by atoms with Crippen LogP contribution in [0.5, 0.6) is 0 Å². The average Bonchev–Trinajstić information content (AvgIpc) is 3.09. The molecule has 0 spiro atoms. The Kier molecular flexibility index (Phi) is 5.66. The lowest BCUT2D eigenvalue weighted by atomic mass is 9.93. The molecule has 3 rings (SSSR count). The van der Waals surface area contributed by atoms with Crippen LogP contribution >= 0.6 is 0 Å². The lowest BCUT2D eigenvalue weighted by Crippen LogP contribution is -2.08. The standard InChI is InChI=1S/C12H17N.C11H12/c1-8-9(2)12(8,3)10-6-4-5-7-11(10)13;1-3-7-10(2)11-8-5-4-6-9-11/h4-9H,13H2,1-3H3;3-9H,2H2,1H3/b;7-3-. The second kappa shape index (κ2) is 7.53. The van der Waals surface area contributed by atoms with E-state index < -0.39 is 0 Å². The van der Waals surface area contributed by atoms with E-state index in [9.17, 15) is 0 Å². The van der Waals surface area contributed by atoms with E-state index in [2.05, 4.69) is 51.6 Å². The summed E-state index contributed by atoms with van der Waals surface area (Å²) in [6.45, 7) is 12.8. The number of anilines is 1. The quantitative estimate of drug-likeness (QED) is 0.538. The van der Waals surface area contributed by atoms with Crippen molar-refractivity contribution in [1.82, 2.24) is 0 Å². The van der Waals surface area contributed by atoms with Crippen molar-refractivity contribution in [3.63, 3.8) is 0 Å². The van der Waals surface area contributed by atoms with Gasteiger partial charge in [-0.2, -0.15) is 0 Å². The number of para-hydroxylation sites is 1. The van der Waals surface area contributed by atoms with Crippen molar-refractivity contribution >= 4 is 11.3 Å². The SMILES string of the molecule is C=C(/C=C\C)c1ccccc1.CC1C(C)C1(C)c1ccccc1N. The van der Waals surface area contributed by atoms with Gasteiger partial charge in [0.25, 0.3) is 0 Å². The molecule has 0 saturated heterocycles. The van der Waals surface area contributed by atoms with Crippen LogP contribution in [0.3, 0.4) is 0 Å². The summed E-state index contributed by atoms with van der Waals surface area (Å²) in [7, 11) is 0. The van der Waals surface area contributed by atoms with Gasteiger partial charge in [0.1, 0.15) is 0 Å². The van der Waals surface area contributed by atoms with Gasteiger partial charge in [-0.3, -0.25) is 0 Å². The van der Waals surface area contributed by atoms with Crippen LogP contribution in [0.25, 0.3) is 5.57 Å². The normalized spacial score (nSPS) is 25.0. The van der Waals surface area contributed by atoms with Gasteiger partial charge in [-0.25, -0.2) is 0 Å². The number of allylic oxidation sites excluding steroid dienone is 3. The second-order valence-corrected chi connectivity index (χ2v) is 6.84. The fraction of sp³-hybridized carbons (Fsp3) is 0.304. The van der Waals surface area contributed by atoms with E-state index in [0.717, 1.165) is 23.1 Å². The first-order valence-corrected chi connectivity index (χ1v) is 8.65. The minimum atomic E-state index is 0.325. The highest BCUT2D eigenvalue weighted by atomic mass is 14.7. The van der Waals surface area contributed by atoms with Crippen LogP contribution in [0.4, 0.5) is 5.69 Å². The number of rotatable bonds is 3. The van der Waals surface area contributed by atoms with Gasteiger partial charge in [0.15, 0.2) is 0 Å². The van der Waals surface area contributed by atoms with Crippen LogP contribution in [0.1, 0.15) is 38.8 Å². The van der Waals surface area contributed by atoms with Crippen LogP contribution < -0.4 is 5.73 Å². The Bertz CT molecular complexity index is 704. The number of benzene rings is 2. The molecule has 2 aromatic rings. The first kappa shape index (κ1) is 18.1. The van der Waals surface area contributed by atoms with E-state index in [1.54, 1.807) is 0 Å². The Morgan fingerprint density at radius 1 is 1.00 bits per heavy atom. The smallest absolute Gasteiger partial charge is 0.0352 e. The molecule has 126 valence electrons. The molecule has 0 aromatic heterocycles. The first-order chi connectivity index (χ1) is 11.4. The fourth-order valence-electron chi connectivity index (χ4n) is 3.41. The molecule has 2 unspecified atom stereocenters. The van der Waals surface area contributed by atoms with E-state index in [-0.39, 0.29) is 0 Å². The van der Waals surface area contributed by atoms with Crippen molar-refractivity contribution in [3.05, 3.63) is 84.5 Å². The van der Waals surface area contributed by atoms with Crippen molar-refractivity contribution in [2.75, 3.05) is 5.73 Å². The molecule has 0 heterocycles. The van der Waals surface area contributed by atoms with Crippen LogP contribution in [-0.2, 0) is 5.41 Å². The van der Waals surface area contributed by atoms with Crippen molar-refractivity contribution in [2.24, 2.45) is 11.8 Å². The third kappa shape index (κ3) is 3.62. The van der Waals surface area contributed by atoms with Crippen molar-refractivity contribution in [2.45, 2.75) is 33.1 Å². The molecule has 1 aliphatic rings. The maximum absolute atomic E-state index is 5.97. The van der Waals surface area contributed by atoms with Gasteiger partial charge >= 0.3 is 0 Å². The number of hydrogen-bond donors (Lipinski definition) is 1. The maximum Gasteiger partial charge on any atom is 0.0352 e. The number of nitrogen functional groups attached to an aromatic ring is 1. The molecule has 1 aliphatic carbocycles. The van der Waals surface area contributed by atoms with Gasteiger partial charge in [0, 0.05) is 11.1 Å². The van der Waals surface area contributed by atoms with Crippen molar-refractivity contribution < 1.29 is 0 Å². The fourth-order valence-corrected chi connectivity index (χ4v) is 3.41.